The molecule has 230 valence electrons. The summed E-state index contributed by atoms with van der Waals surface area (Å²) in [6.07, 6.45) is 41.5. The molecule has 0 aromatic rings. The molecule has 0 amide bonds. The Hall–Kier alpha value is -0.0800. The maximum atomic E-state index is 10.3. The first kappa shape index (κ1) is 37.9. The number of unbranched alkanes of at least 4 members (excludes halogenated alkanes) is 28. The molecule has 2 N–H and O–H groups in total. The summed E-state index contributed by atoms with van der Waals surface area (Å²) in [6.45, 7) is 4.57. The molecular weight excluding hydrogens is 464 g/mol. The van der Waals surface area contributed by atoms with Crippen molar-refractivity contribution in [3.8, 4) is 0 Å². The van der Waals surface area contributed by atoms with E-state index >= 15 is 0 Å². The largest absolute Gasteiger partial charge is 0.390 e. The summed E-state index contributed by atoms with van der Waals surface area (Å²) < 4.78 is 0. The molecule has 0 rings (SSSR count). The Labute approximate surface area is 241 Å². The van der Waals surface area contributed by atoms with Crippen LogP contribution < -0.4 is 0 Å². The Bertz CT molecular complexity index is 410. The normalized spacial score (nSPS) is 13.3. The minimum Gasteiger partial charge on any atom is -0.390 e. The van der Waals surface area contributed by atoms with Gasteiger partial charge in [0.2, 0.25) is 0 Å². The molecule has 0 heterocycles. The summed E-state index contributed by atoms with van der Waals surface area (Å²) >= 11 is 0. The third-order valence-electron chi connectivity index (χ3n) is 8.65. The van der Waals surface area contributed by atoms with Crippen LogP contribution in [0.2, 0.25) is 0 Å². The van der Waals surface area contributed by atoms with Crippen LogP contribution in [0.25, 0.3) is 0 Å². The summed E-state index contributed by atoms with van der Waals surface area (Å²) in [5, 5.41) is 20.6. The first-order valence-corrected chi connectivity index (χ1v) is 18.1. The van der Waals surface area contributed by atoms with Crippen LogP contribution in [0.1, 0.15) is 219 Å². The second-order valence-corrected chi connectivity index (χ2v) is 12.6. The average molecular weight is 539 g/mol. The first-order valence-electron chi connectivity index (χ1n) is 18.1. The van der Waals surface area contributed by atoms with Gasteiger partial charge in [-0.3, -0.25) is 0 Å². The highest BCUT2D eigenvalue weighted by Crippen LogP contribution is 2.17. The van der Waals surface area contributed by atoms with E-state index in [0.29, 0.717) is 0 Å². The minimum atomic E-state index is -0.510. The van der Waals surface area contributed by atoms with Crippen LogP contribution in [-0.2, 0) is 0 Å². The van der Waals surface area contributed by atoms with Crippen LogP contribution in [-0.4, -0.2) is 22.4 Å². The zero-order chi connectivity index (χ0) is 27.8. The monoisotopic (exact) mass is 539 g/mol. The van der Waals surface area contributed by atoms with Crippen molar-refractivity contribution in [1.29, 1.82) is 0 Å². The van der Waals surface area contributed by atoms with E-state index in [2.05, 4.69) is 13.8 Å². The number of hydrogen-bond donors (Lipinski definition) is 2. The van der Waals surface area contributed by atoms with Crippen molar-refractivity contribution in [2.75, 3.05) is 0 Å². The van der Waals surface area contributed by atoms with E-state index in [1.54, 1.807) is 0 Å². The van der Waals surface area contributed by atoms with E-state index in [1.165, 1.54) is 180 Å². The van der Waals surface area contributed by atoms with Crippen LogP contribution in [0.5, 0.6) is 0 Å². The smallest absolute Gasteiger partial charge is 0.0799 e. The molecule has 0 bridgehead atoms. The zero-order valence-electron chi connectivity index (χ0n) is 26.7. The number of rotatable bonds is 33. The minimum absolute atomic E-state index is 0.510. The van der Waals surface area contributed by atoms with Gasteiger partial charge in [-0.05, 0) is 12.8 Å². The molecule has 0 saturated heterocycles. The quantitative estimate of drug-likeness (QED) is 0.0815. The standard InChI is InChI=1S/C36H74O2/c1-3-5-7-9-11-13-15-17-18-19-20-21-22-24-26-28-30-32-34-36(38)35(37)33-31-29-27-25-23-16-14-12-10-8-6-4-2/h35-38H,3-34H2,1-2H3. The highest BCUT2D eigenvalue weighted by molar-refractivity contribution is 4.67. The molecular formula is C36H74O2. The molecule has 0 spiro atoms. The Morgan fingerprint density at radius 1 is 0.263 bits per heavy atom. The molecule has 2 atom stereocenters. The van der Waals surface area contributed by atoms with Crippen molar-refractivity contribution < 1.29 is 10.2 Å². The van der Waals surface area contributed by atoms with Crippen molar-refractivity contribution in [3.63, 3.8) is 0 Å². The van der Waals surface area contributed by atoms with Gasteiger partial charge in [-0.15, -0.1) is 0 Å². The lowest BCUT2D eigenvalue weighted by Crippen LogP contribution is -2.25. The van der Waals surface area contributed by atoms with Gasteiger partial charge in [-0.2, -0.15) is 0 Å². The lowest BCUT2D eigenvalue weighted by molar-refractivity contribution is 0.00711. The van der Waals surface area contributed by atoms with E-state index in [4.69, 9.17) is 0 Å². The second-order valence-electron chi connectivity index (χ2n) is 12.6. The molecule has 0 aromatic heterocycles. The predicted molar refractivity (Wildman–Crippen MR) is 171 cm³/mol. The van der Waals surface area contributed by atoms with E-state index in [-0.39, 0.29) is 0 Å². The second kappa shape index (κ2) is 33.1. The van der Waals surface area contributed by atoms with E-state index in [0.717, 1.165) is 25.7 Å². The molecule has 2 unspecified atom stereocenters. The summed E-state index contributed by atoms with van der Waals surface area (Å²) in [5.74, 6) is 0. The Kier molecular flexibility index (Phi) is 33.1. The van der Waals surface area contributed by atoms with Crippen molar-refractivity contribution >= 4 is 0 Å². The highest BCUT2D eigenvalue weighted by atomic mass is 16.3. The first-order chi connectivity index (χ1) is 18.7. The molecule has 0 aliphatic carbocycles. The molecule has 0 fully saturated rings. The van der Waals surface area contributed by atoms with Crippen LogP contribution in [0.15, 0.2) is 0 Å². The van der Waals surface area contributed by atoms with Gasteiger partial charge in [0.15, 0.2) is 0 Å². The van der Waals surface area contributed by atoms with Gasteiger partial charge in [-0.1, -0.05) is 206 Å². The molecule has 0 saturated carbocycles. The fourth-order valence-corrected chi connectivity index (χ4v) is 5.83. The number of hydrogen-bond acceptors (Lipinski definition) is 2. The fourth-order valence-electron chi connectivity index (χ4n) is 5.83. The maximum absolute atomic E-state index is 10.3. The van der Waals surface area contributed by atoms with Gasteiger partial charge in [0.25, 0.3) is 0 Å². The maximum Gasteiger partial charge on any atom is 0.0799 e. The molecule has 0 aliphatic rings. The Morgan fingerprint density at radius 2 is 0.421 bits per heavy atom. The van der Waals surface area contributed by atoms with Crippen LogP contribution >= 0.6 is 0 Å². The highest BCUT2D eigenvalue weighted by Gasteiger charge is 2.15. The third-order valence-corrected chi connectivity index (χ3v) is 8.65. The average Bonchev–Trinajstić information content (AvgIpc) is 2.92. The number of aliphatic hydroxyl groups is 2. The predicted octanol–water partition coefficient (Wildman–Crippen LogP) is 12.2. The van der Waals surface area contributed by atoms with Crippen LogP contribution in [0.4, 0.5) is 0 Å². The summed E-state index contributed by atoms with van der Waals surface area (Å²) in [6, 6.07) is 0. The van der Waals surface area contributed by atoms with E-state index in [9.17, 15) is 10.2 Å². The van der Waals surface area contributed by atoms with Crippen molar-refractivity contribution in [2.45, 2.75) is 232 Å². The third kappa shape index (κ3) is 30.5. The van der Waals surface area contributed by atoms with E-state index in [1.807, 2.05) is 0 Å². The van der Waals surface area contributed by atoms with Gasteiger partial charge in [0, 0.05) is 0 Å². The van der Waals surface area contributed by atoms with Crippen molar-refractivity contribution in [2.24, 2.45) is 0 Å². The van der Waals surface area contributed by atoms with Crippen LogP contribution in [0.3, 0.4) is 0 Å². The van der Waals surface area contributed by atoms with Gasteiger partial charge in [0.05, 0.1) is 12.2 Å². The summed E-state index contributed by atoms with van der Waals surface area (Å²) in [5.41, 5.74) is 0. The summed E-state index contributed by atoms with van der Waals surface area (Å²) in [4.78, 5) is 0. The van der Waals surface area contributed by atoms with Gasteiger partial charge in [0.1, 0.15) is 0 Å². The van der Waals surface area contributed by atoms with Crippen LogP contribution in [0, 0.1) is 0 Å². The van der Waals surface area contributed by atoms with E-state index < -0.39 is 12.2 Å². The molecule has 0 aromatic carbocycles. The molecule has 0 aliphatic heterocycles. The SMILES string of the molecule is CCCCCCCCCCCCCCCCCCCCC(O)C(O)CCCCCCCCCCCCCC. The molecule has 2 nitrogen and oxygen atoms in total. The van der Waals surface area contributed by atoms with Crippen molar-refractivity contribution in [1.82, 2.24) is 0 Å². The Morgan fingerprint density at radius 3 is 0.605 bits per heavy atom. The van der Waals surface area contributed by atoms with Gasteiger partial charge in [-0.25, -0.2) is 0 Å². The number of aliphatic hydroxyl groups excluding tert-OH is 2. The van der Waals surface area contributed by atoms with Crippen molar-refractivity contribution in [3.05, 3.63) is 0 Å². The summed E-state index contributed by atoms with van der Waals surface area (Å²) in [7, 11) is 0. The lowest BCUT2D eigenvalue weighted by atomic mass is 9.99. The van der Waals surface area contributed by atoms with Gasteiger partial charge < -0.3 is 10.2 Å². The fraction of sp³-hybridized carbons (Fsp3) is 1.00. The Balaban J connectivity index is 3.25. The molecule has 2 heteroatoms. The molecule has 38 heavy (non-hydrogen) atoms. The zero-order valence-corrected chi connectivity index (χ0v) is 26.7. The lowest BCUT2D eigenvalue weighted by Gasteiger charge is -2.17. The molecule has 0 radical (unpaired) electrons. The van der Waals surface area contributed by atoms with Gasteiger partial charge >= 0.3 is 0 Å². The topological polar surface area (TPSA) is 40.5 Å².